The number of methoxy groups -OCH3 is 1. The van der Waals surface area contributed by atoms with Crippen LogP contribution in [0.5, 0.6) is 11.5 Å². The Morgan fingerprint density at radius 3 is 1.45 bits per heavy atom. The van der Waals surface area contributed by atoms with Gasteiger partial charge in [-0.2, -0.15) is 26.3 Å². The quantitative estimate of drug-likeness (QED) is 0.150. The molecule has 44 heavy (non-hydrogen) atoms. The number of carbonyl (C=O) groups excluding carboxylic acids is 1. The second-order valence-electron chi connectivity index (χ2n) is 9.16. The van der Waals surface area contributed by atoms with Crippen molar-refractivity contribution in [3.05, 3.63) is 107 Å². The van der Waals surface area contributed by atoms with Crippen LogP contribution in [-0.4, -0.2) is 43.1 Å². The lowest BCUT2D eigenvalue weighted by molar-refractivity contribution is -0.138. The van der Waals surface area contributed by atoms with E-state index in [1.165, 1.54) is 71.3 Å². The highest BCUT2D eigenvalue weighted by molar-refractivity contribution is 5.90. The maximum Gasteiger partial charge on any atom is 0.416 e. The van der Waals surface area contributed by atoms with Crippen LogP contribution in [0.3, 0.4) is 0 Å². The maximum atomic E-state index is 12.8. The van der Waals surface area contributed by atoms with E-state index >= 15 is 0 Å². The Kier molecular flexibility index (Phi) is 8.24. The first-order valence-corrected chi connectivity index (χ1v) is 12.6. The van der Waals surface area contributed by atoms with Crippen LogP contribution in [0.25, 0.3) is 11.4 Å². The highest BCUT2D eigenvalue weighted by Crippen LogP contribution is 2.31. The average Bonchev–Trinajstić information content (AvgIpc) is 3.68. The van der Waals surface area contributed by atoms with Gasteiger partial charge in [0.1, 0.15) is 36.1 Å². The maximum absolute atomic E-state index is 12.8. The average molecular weight is 618 g/mol. The minimum absolute atomic E-state index is 0.105. The molecule has 5 rings (SSSR count). The van der Waals surface area contributed by atoms with Gasteiger partial charge in [-0.3, -0.25) is 0 Å². The van der Waals surface area contributed by atoms with Gasteiger partial charge in [0.2, 0.25) is 0 Å². The normalized spacial score (nSPS) is 11.8. The van der Waals surface area contributed by atoms with Crippen LogP contribution >= 0.6 is 0 Å². The Hall–Kier alpha value is -5.41. The molecule has 0 N–H and O–H groups in total. The number of benzene rings is 3. The molecule has 5 aromatic rings. The van der Waals surface area contributed by atoms with E-state index in [0.29, 0.717) is 22.8 Å². The van der Waals surface area contributed by atoms with Crippen molar-refractivity contribution in [3.8, 4) is 22.9 Å². The smallest absolute Gasteiger partial charge is 0.416 e. The Morgan fingerprint density at radius 2 is 1.09 bits per heavy atom. The summed E-state index contributed by atoms with van der Waals surface area (Å²) in [6.07, 6.45) is -5.97. The molecule has 0 spiro atoms. The highest BCUT2D eigenvalue weighted by Gasteiger charge is 2.31. The topological polar surface area (TPSA) is 106 Å². The lowest BCUT2D eigenvalue weighted by Gasteiger charge is -2.10. The van der Waals surface area contributed by atoms with Crippen molar-refractivity contribution in [2.24, 2.45) is 0 Å². The van der Waals surface area contributed by atoms with E-state index in [1.807, 2.05) is 0 Å². The monoisotopic (exact) mass is 618 g/mol. The summed E-state index contributed by atoms with van der Waals surface area (Å²) in [7, 11) is 1.20. The van der Waals surface area contributed by atoms with Gasteiger partial charge in [-0.05, 0) is 60.7 Å². The molecule has 228 valence electrons. The second-order valence-corrected chi connectivity index (χ2v) is 9.16. The number of halogens is 6. The molecule has 0 saturated heterocycles. The molecule has 0 aliphatic rings. The number of hydrogen-bond acceptors (Lipinski definition) is 8. The molecule has 0 saturated carbocycles. The molecule has 16 heteroatoms. The SMILES string of the molecule is COC(=O)c1cc(OCc2cn(-c3ccc(C(F)(F)F)cc3)nn2)cc(OCc2cn(-c3ccc(C(F)(F)F)cc3)nn2)c1. The zero-order chi connectivity index (χ0) is 31.5. The van der Waals surface area contributed by atoms with E-state index in [1.54, 1.807) is 0 Å². The van der Waals surface area contributed by atoms with Crippen molar-refractivity contribution in [2.75, 3.05) is 7.11 Å². The third-order valence-electron chi connectivity index (χ3n) is 6.07. The van der Waals surface area contributed by atoms with Crippen LogP contribution < -0.4 is 9.47 Å². The van der Waals surface area contributed by atoms with E-state index in [9.17, 15) is 31.1 Å². The molecule has 0 amide bonds. The zero-order valence-electron chi connectivity index (χ0n) is 22.5. The number of carbonyl (C=O) groups is 1. The van der Waals surface area contributed by atoms with Crippen LogP contribution in [0.4, 0.5) is 26.3 Å². The predicted molar refractivity (Wildman–Crippen MR) is 139 cm³/mol. The van der Waals surface area contributed by atoms with Gasteiger partial charge in [-0.1, -0.05) is 10.4 Å². The van der Waals surface area contributed by atoms with Crippen LogP contribution in [0.2, 0.25) is 0 Å². The molecule has 0 bridgehead atoms. The standard InChI is InChI=1S/C28H20F6N6O4/c1-42-26(41)17-10-24(43-15-20-13-39(37-35-20)22-6-2-18(3-7-22)27(29,30)31)12-25(11-17)44-16-21-14-40(38-36-21)23-8-4-19(5-9-23)28(32,33)34/h2-14H,15-16H2,1H3. The number of rotatable bonds is 9. The fraction of sp³-hybridized carbons (Fsp3) is 0.179. The number of alkyl halides is 6. The summed E-state index contributed by atoms with van der Waals surface area (Å²) in [4.78, 5) is 12.2. The van der Waals surface area contributed by atoms with Crippen molar-refractivity contribution in [1.82, 2.24) is 30.0 Å². The zero-order valence-corrected chi connectivity index (χ0v) is 22.5. The molecular formula is C28H20F6N6O4. The minimum atomic E-state index is -4.46. The van der Waals surface area contributed by atoms with Crippen molar-refractivity contribution in [2.45, 2.75) is 25.6 Å². The number of nitrogens with zero attached hydrogens (tertiary/aromatic N) is 6. The molecule has 0 atom stereocenters. The van der Waals surface area contributed by atoms with Gasteiger partial charge < -0.3 is 14.2 Å². The molecule has 3 aromatic carbocycles. The molecule has 0 radical (unpaired) electrons. The van der Waals surface area contributed by atoms with Gasteiger partial charge in [0.25, 0.3) is 0 Å². The van der Waals surface area contributed by atoms with E-state index in [-0.39, 0.29) is 30.3 Å². The van der Waals surface area contributed by atoms with Gasteiger partial charge in [0, 0.05) is 6.07 Å². The van der Waals surface area contributed by atoms with E-state index in [2.05, 4.69) is 20.6 Å². The van der Waals surface area contributed by atoms with Crippen molar-refractivity contribution < 1.29 is 45.3 Å². The van der Waals surface area contributed by atoms with E-state index < -0.39 is 29.4 Å². The fourth-order valence-corrected chi connectivity index (χ4v) is 3.88. The predicted octanol–water partition coefficient (Wildman–Crippen LogP) is 5.83. The number of hydrogen-bond donors (Lipinski definition) is 0. The third-order valence-corrected chi connectivity index (χ3v) is 6.07. The molecule has 0 aliphatic carbocycles. The Labute approximate surface area is 244 Å². The Balaban J connectivity index is 1.25. The first-order chi connectivity index (χ1) is 20.9. The lowest BCUT2D eigenvalue weighted by atomic mass is 10.2. The molecule has 0 unspecified atom stereocenters. The summed E-state index contributed by atoms with van der Waals surface area (Å²) in [5.74, 6) is -0.248. The van der Waals surface area contributed by atoms with E-state index in [4.69, 9.17) is 14.2 Å². The molecule has 10 nitrogen and oxygen atoms in total. The highest BCUT2D eigenvalue weighted by atomic mass is 19.4. The van der Waals surface area contributed by atoms with Gasteiger partial charge in [-0.15, -0.1) is 10.2 Å². The van der Waals surface area contributed by atoms with Gasteiger partial charge in [0.05, 0.1) is 47.6 Å². The number of esters is 1. The Bertz CT molecular complexity index is 1630. The summed E-state index contributed by atoms with van der Waals surface area (Å²) in [6.45, 7) is -0.210. The Morgan fingerprint density at radius 1 is 0.682 bits per heavy atom. The molecular weight excluding hydrogens is 598 g/mol. The summed E-state index contributed by atoms with van der Waals surface area (Å²) in [6, 6.07) is 13.1. The largest absolute Gasteiger partial charge is 0.487 e. The van der Waals surface area contributed by atoms with Gasteiger partial charge in [0.15, 0.2) is 0 Å². The molecule has 0 fully saturated rings. The van der Waals surface area contributed by atoms with Crippen LogP contribution in [0, 0.1) is 0 Å². The number of aromatic nitrogens is 6. The summed E-state index contributed by atoms with van der Waals surface area (Å²) >= 11 is 0. The lowest BCUT2D eigenvalue weighted by Crippen LogP contribution is -2.05. The molecule has 0 aliphatic heterocycles. The van der Waals surface area contributed by atoms with Crippen molar-refractivity contribution in [1.29, 1.82) is 0 Å². The summed E-state index contributed by atoms with van der Waals surface area (Å²) in [5.41, 5.74) is -0.0755. The van der Waals surface area contributed by atoms with Gasteiger partial charge >= 0.3 is 18.3 Å². The summed E-state index contributed by atoms with van der Waals surface area (Å²) in [5, 5.41) is 15.8. The third kappa shape index (κ3) is 7.14. The molecule has 2 aromatic heterocycles. The van der Waals surface area contributed by atoms with Crippen LogP contribution in [0.1, 0.15) is 32.9 Å². The fourth-order valence-electron chi connectivity index (χ4n) is 3.88. The molecule has 2 heterocycles. The summed E-state index contributed by atoms with van der Waals surface area (Å²) < 4.78 is 95.9. The minimum Gasteiger partial charge on any atom is -0.487 e. The van der Waals surface area contributed by atoms with Gasteiger partial charge in [-0.25, -0.2) is 14.2 Å². The van der Waals surface area contributed by atoms with Crippen LogP contribution in [-0.2, 0) is 30.3 Å². The van der Waals surface area contributed by atoms with Crippen molar-refractivity contribution >= 4 is 5.97 Å². The second kappa shape index (κ2) is 12.1. The van der Waals surface area contributed by atoms with Crippen molar-refractivity contribution in [3.63, 3.8) is 0 Å². The van der Waals surface area contributed by atoms with Crippen LogP contribution in [0.15, 0.2) is 79.1 Å². The van der Waals surface area contributed by atoms with E-state index in [0.717, 1.165) is 24.3 Å². The first-order valence-electron chi connectivity index (χ1n) is 12.6. The first kappa shape index (κ1) is 30.1. The number of ether oxygens (including phenoxy) is 3.